The number of aromatic nitrogens is 2. The van der Waals surface area contributed by atoms with Crippen molar-refractivity contribution in [2.75, 3.05) is 23.4 Å². The number of carbonyl (C=O) groups excluding carboxylic acids is 2. The number of hydrogen-bond donors (Lipinski definition) is 1. The number of nitrogens with one attached hydrogen (secondary N) is 1. The molecule has 31 heavy (non-hydrogen) atoms. The molecule has 4 aromatic rings. The smallest absolute Gasteiger partial charge is 0.266 e. The van der Waals surface area contributed by atoms with Crippen LogP contribution in [0.5, 0.6) is 5.75 Å². The van der Waals surface area contributed by atoms with Gasteiger partial charge in [-0.15, -0.1) is 11.3 Å². The molecule has 2 aromatic heterocycles. The van der Waals surface area contributed by atoms with E-state index in [0.29, 0.717) is 17.3 Å². The zero-order valence-electron chi connectivity index (χ0n) is 16.7. The lowest BCUT2D eigenvalue weighted by molar-refractivity contribution is -0.123. The highest BCUT2D eigenvalue weighted by Crippen LogP contribution is 2.31. The van der Waals surface area contributed by atoms with E-state index in [0.717, 1.165) is 20.8 Å². The van der Waals surface area contributed by atoms with Gasteiger partial charge in [0.05, 0.1) is 10.2 Å². The highest BCUT2D eigenvalue weighted by molar-refractivity contribution is 7.21. The first-order chi connectivity index (χ1) is 15.1. The molecule has 0 saturated carbocycles. The standard InChI is InChI=1S/C23H18N4O3S/c1-14-4-9-17-19(11-14)31-23(26-17)15-5-7-16(8-6-15)25-20(28)12-27-21(29)13-30-18-3-2-10-24-22(18)27/h2-11H,12-13H2,1H3,(H,25,28). The number of pyridine rings is 1. The van der Waals surface area contributed by atoms with Crippen molar-refractivity contribution in [3.8, 4) is 16.3 Å². The number of amides is 2. The number of carbonyl (C=O) groups is 2. The van der Waals surface area contributed by atoms with Crippen molar-refractivity contribution < 1.29 is 14.3 Å². The van der Waals surface area contributed by atoms with Crippen molar-refractivity contribution in [3.63, 3.8) is 0 Å². The fraction of sp³-hybridized carbons (Fsp3) is 0.130. The molecule has 5 rings (SSSR count). The zero-order chi connectivity index (χ0) is 21.4. The first kappa shape index (κ1) is 19.2. The van der Waals surface area contributed by atoms with Crippen molar-refractivity contribution in [1.29, 1.82) is 0 Å². The minimum atomic E-state index is -0.310. The van der Waals surface area contributed by atoms with Crippen molar-refractivity contribution >= 4 is 44.9 Å². The maximum Gasteiger partial charge on any atom is 0.266 e. The lowest BCUT2D eigenvalue weighted by atomic mass is 10.2. The van der Waals surface area contributed by atoms with Crippen LogP contribution < -0.4 is 15.0 Å². The van der Waals surface area contributed by atoms with Gasteiger partial charge in [-0.25, -0.2) is 9.97 Å². The Hall–Kier alpha value is -3.78. The molecule has 1 aliphatic heterocycles. The van der Waals surface area contributed by atoms with Gasteiger partial charge in [0.2, 0.25) is 5.91 Å². The van der Waals surface area contributed by atoms with Gasteiger partial charge in [-0.3, -0.25) is 14.5 Å². The molecule has 2 amide bonds. The van der Waals surface area contributed by atoms with Crippen LogP contribution in [0.25, 0.3) is 20.8 Å². The largest absolute Gasteiger partial charge is 0.480 e. The summed E-state index contributed by atoms with van der Waals surface area (Å²) in [5.74, 6) is 0.235. The van der Waals surface area contributed by atoms with Gasteiger partial charge in [0.25, 0.3) is 5.91 Å². The van der Waals surface area contributed by atoms with Gasteiger partial charge >= 0.3 is 0 Å². The van der Waals surface area contributed by atoms with Crippen LogP contribution in [0, 0.1) is 6.92 Å². The Bertz CT molecular complexity index is 1300. The van der Waals surface area contributed by atoms with Crippen molar-refractivity contribution in [2.45, 2.75) is 6.92 Å². The summed E-state index contributed by atoms with van der Waals surface area (Å²) in [6.45, 7) is 1.82. The average molecular weight is 430 g/mol. The molecular formula is C23H18N4O3S. The number of anilines is 2. The molecule has 8 heteroatoms. The first-order valence-corrected chi connectivity index (χ1v) is 10.5. The lowest BCUT2D eigenvalue weighted by Crippen LogP contribution is -2.43. The van der Waals surface area contributed by atoms with Crippen LogP contribution in [0.4, 0.5) is 11.5 Å². The molecule has 0 radical (unpaired) electrons. The van der Waals surface area contributed by atoms with E-state index in [-0.39, 0.29) is 25.0 Å². The molecule has 2 aromatic carbocycles. The molecule has 0 aliphatic carbocycles. The van der Waals surface area contributed by atoms with Crippen LogP contribution in [-0.4, -0.2) is 34.9 Å². The summed E-state index contributed by atoms with van der Waals surface area (Å²) in [5.41, 5.74) is 3.82. The van der Waals surface area contributed by atoms with Crippen LogP contribution in [0.2, 0.25) is 0 Å². The van der Waals surface area contributed by atoms with Gasteiger partial charge < -0.3 is 10.1 Å². The molecule has 7 nitrogen and oxygen atoms in total. The molecule has 0 saturated heterocycles. The third-order valence-corrected chi connectivity index (χ3v) is 5.99. The van der Waals surface area contributed by atoms with Crippen molar-refractivity contribution in [1.82, 2.24) is 9.97 Å². The molecule has 1 N–H and O–H groups in total. The number of ether oxygens (including phenoxy) is 1. The second kappa shape index (κ2) is 7.81. The minimum Gasteiger partial charge on any atom is -0.480 e. The molecule has 0 bridgehead atoms. The summed E-state index contributed by atoms with van der Waals surface area (Å²) in [5, 5.41) is 3.77. The van der Waals surface area contributed by atoms with E-state index in [1.807, 2.05) is 30.3 Å². The maximum absolute atomic E-state index is 12.6. The zero-order valence-corrected chi connectivity index (χ0v) is 17.5. The van der Waals surface area contributed by atoms with Crippen LogP contribution in [0.15, 0.2) is 60.8 Å². The molecule has 0 atom stereocenters. The van der Waals surface area contributed by atoms with Gasteiger partial charge in [0.15, 0.2) is 18.2 Å². The molecule has 154 valence electrons. The summed E-state index contributed by atoms with van der Waals surface area (Å²) in [7, 11) is 0. The Kier molecular flexibility index (Phi) is 4.83. The van der Waals surface area contributed by atoms with Gasteiger partial charge in [0.1, 0.15) is 11.6 Å². The Balaban J connectivity index is 1.29. The monoisotopic (exact) mass is 430 g/mol. The Morgan fingerprint density at radius 2 is 2.03 bits per heavy atom. The number of aryl methyl sites for hydroxylation is 1. The van der Waals surface area contributed by atoms with Crippen molar-refractivity contribution in [3.05, 3.63) is 66.4 Å². The first-order valence-electron chi connectivity index (χ1n) is 9.72. The predicted molar refractivity (Wildman–Crippen MR) is 121 cm³/mol. The summed E-state index contributed by atoms with van der Waals surface area (Å²) < 4.78 is 6.51. The second-order valence-electron chi connectivity index (χ2n) is 7.21. The maximum atomic E-state index is 12.6. The second-order valence-corrected chi connectivity index (χ2v) is 8.24. The number of hydrogen-bond acceptors (Lipinski definition) is 6. The normalized spacial score (nSPS) is 13.1. The summed E-state index contributed by atoms with van der Waals surface area (Å²) in [6, 6.07) is 17.2. The van der Waals surface area contributed by atoms with Gasteiger partial charge in [-0.1, -0.05) is 6.07 Å². The van der Waals surface area contributed by atoms with E-state index >= 15 is 0 Å². The van der Waals surface area contributed by atoms with Gasteiger partial charge in [0, 0.05) is 17.4 Å². The molecule has 0 spiro atoms. The highest BCUT2D eigenvalue weighted by atomic mass is 32.1. The fourth-order valence-electron chi connectivity index (χ4n) is 3.39. The Labute approximate surface area is 182 Å². The van der Waals surface area contributed by atoms with E-state index < -0.39 is 0 Å². The molecule has 0 unspecified atom stereocenters. The topological polar surface area (TPSA) is 84.4 Å². The van der Waals surface area contributed by atoms with Crippen molar-refractivity contribution in [2.24, 2.45) is 0 Å². The van der Waals surface area contributed by atoms with Crippen LogP contribution in [0.1, 0.15) is 5.56 Å². The number of benzene rings is 2. The number of rotatable bonds is 4. The van der Waals surface area contributed by atoms with E-state index in [1.54, 1.807) is 29.7 Å². The summed E-state index contributed by atoms with van der Waals surface area (Å²) in [4.78, 5) is 35.0. The average Bonchev–Trinajstić information content (AvgIpc) is 3.19. The quantitative estimate of drug-likeness (QED) is 0.528. The van der Waals surface area contributed by atoms with E-state index in [2.05, 4.69) is 34.3 Å². The summed E-state index contributed by atoms with van der Waals surface area (Å²) in [6.07, 6.45) is 1.56. The molecule has 1 aliphatic rings. The lowest BCUT2D eigenvalue weighted by Gasteiger charge is -2.27. The van der Waals surface area contributed by atoms with Gasteiger partial charge in [-0.05, 0) is 61.0 Å². The SMILES string of the molecule is Cc1ccc2nc(-c3ccc(NC(=O)CN4C(=O)COc5cccnc54)cc3)sc2c1. The van der Waals surface area contributed by atoms with Crippen LogP contribution in [-0.2, 0) is 9.59 Å². The third kappa shape index (κ3) is 3.85. The van der Waals surface area contributed by atoms with E-state index in [9.17, 15) is 9.59 Å². The third-order valence-electron chi connectivity index (χ3n) is 4.92. The fourth-order valence-corrected chi connectivity index (χ4v) is 4.46. The predicted octanol–water partition coefficient (Wildman–Crippen LogP) is 4.03. The Morgan fingerprint density at radius 1 is 1.19 bits per heavy atom. The minimum absolute atomic E-state index is 0.109. The van der Waals surface area contributed by atoms with E-state index in [1.165, 1.54) is 10.5 Å². The molecule has 3 heterocycles. The molecular weight excluding hydrogens is 412 g/mol. The van der Waals surface area contributed by atoms with E-state index in [4.69, 9.17) is 4.74 Å². The highest BCUT2D eigenvalue weighted by Gasteiger charge is 2.28. The Morgan fingerprint density at radius 3 is 2.87 bits per heavy atom. The number of nitrogens with zero attached hydrogens (tertiary/aromatic N) is 3. The van der Waals surface area contributed by atoms with Crippen LogP contribution >= 0.6 is 11.3 Å². The van der Waals surface area contributed by atoms with Gasteiger partial charge in [-0.2, -0.15) is 0 Å². The molecule has 0 fully saturated rings. The van der Waals surface area contributed by atoms with Crippen LogP contribution in [0.3, 0.4) is 0 Å². The number of fused-ring (bicyclic) bond motifs is 2. The summed E-state index contributed by atoms with van der Waals surface area (Å²) >= 11 is 1.64. The number of thiazole rings is 1.